The first-order valence-corrected chi connectivity index (χ1v) is 8.11. The van der Waals surface area contributed by atoms with Crippen molar-refractivity contribution in [1.29, 1.82) is 0 Å². The predicted molar refractivity (Wildman–Crippen MR) is 93.4 cm³/mol. The molecule has 1 N–H and O–H groups in total. The van der Waals surface area contributed by atoms with Gasteiger partial charge in [-0.05, 0) is 17.7 Å². The van der Waals surface area contributed by atoms with E-state index in [1.807, 2.05) is 26.0 Å². The maximum atomic E-state index is 9.55. The number of piperazine rings is 1. The van der Waals surface area contributed by atoms with Crippen LogP contribution in [-0.2, 0) is 6.54 Å². The van der Waals surface area contributed by atoms with E-state index in [1.165, 1.54) is 5.56 Å². The van der Waals surface area contributed by atoms with Crippen molar-refractivity contribution in [1.82, 2.24) is 4.90 Å². The molecule has 3 nitrogen and oxygen atoms in total. The summed E-state index contributed by atoms with van der Waals surface area (Å²) in [5.74, 6) is 0.342. The first-order valence-electron chi connectivity index (χ1n) is 8.11. The Bertz CT molecular complexity index is 548. The molecule has 1 aliphatic rings. The van der Waals surface area contributed by atoms with Crippen molar-refractivity contribution in [2.75, 3.05) is 31.1 Å². The van der Waals surface area contributed by atoms with Gasteiger partial charge in [-0.1, -0.05) is 50.2 Å². The smallest absolute Gasteiger partial charge is 0.117 e. The molecule has 0 aliphatic carbocycles. The molecule has 1 aliphatic heterocycles. The minimum absolute atomic E-state index is 0.342. The van der Waals surface area contributed by atoms with Crippen molar-refractivity contribution in [3.8, 4) is 5.75 Å². The van der Waals surface area contributed by atoms with Crippen LogP contribution in [-0.4, -0.2) is 36.2 Å². The van der Waals surface area contributed by atoms with Crippen molar-refractivity contribution in [2.24, 2.45) is 0 Å². The molecule has 1 fully saturated rings. The van der Waals surface area contributed by atoms with E-state index >= 15 is 0 Å². The van der Waals surface area contributed by atoms with Crippen molar-refractivity contribution >= 4 is 5.69 Å². The molecule has 1 heterocycles. The number of aromatic hydroxyl groups is 1. The lowest BCUT2D eigenvalue weighted by atomic mass is 10.2. The Morgan fingerprint density at radius 3 is 2.18 bits per heavy atom. The van der Waals surface area contributed by atoms with Crippen LogP contribution in [0.5, 0.6) is 5.75 Å². The van der Waals surface area contributed by atoms with E-state index in [4.69, 9.17) is 0 Å². The summed E-state index contributed by atoms with van der Waals surface area (Å²) in [6, 6.07) is 18.1. The summed E-state index contributed by atoms with van der Waals surface area (Å²) in [6.45, 7) is 9.16. The minimum atomic E-state index is 0.342. The third-order valence-corrected chi connectivity index (χ3v) is 3.82. The van der Waals surface area contributed by atoms with Gasteiger partial charge in [0, 0.05) is 44.5 Å². The fraction of sp³-hybridized carbons (Fsp3) is 0.368. The lowest BCUT2D eigenvalue weighted by molar-refractivity contribution is 0.250. The maximum absolute atomic E-state index is 9.55. The summed E-state index contributed by atoms with van der Waals surface area (Å²) >= 11 is 0. The van der Waals surface area contributed by atoms with Gasteiger partial charge in [-0.25, -0.2) is 0 Å². The van der Waals surface area contributed by atoms with Gasteiger partial charge < -0.3 is 10.0 Å². The monoisotopic (exact) mass is 298 g/mol. The normalized spacial score (nSPS) is 15.1. The van der Waals surface area contributed by atoms with Gasteiger partial charge in [0.2, 0.25) is 0 Å². The third-order valence-electron chi connectivity index (χ3n) is 3.82. The lowest BCUT2D eigenvalue weighted by Crippen LogP contribution is -2.45. The van der Waals surface area contributed by atoms with Crippen molar-refractivity contribution in [3.05, 3.63) is 60.2 Å². The molecule has 3 rings (SSSR count). The van der Waals surface area contributed by atoms with Crippen LogP contribution in [0.25, 0.3) is 0 Å². The van der Waals surface area contributed by atoms with E-state index < -0.39 is 0 Å². The molecule has 0 aromatic heterocycles. The molecule has 1 saturated heterocycles. The number of nitrogens with zero attached hydrogens (tertiary/aromatic N) is 2. The van der Waals surface area contributed by atoms with Crippen LogP contribution in [0.15, 0.2) is 54.6 Å². The highest BCUT2D eigenvalue weighted by Gasteiger charge is 2.17. The van der Waals surface area contributed by atoms with E-state index in [9.17, 15) is 5.11 Å². The van der Waals surface area contributed by atoms with E-state index in [1.54, 1.807) is 6.07 Å². The minimum Gasteiger partial charge on any atom is -0.508 e. The average molecular weight is 298 g/mol. The van der Waals surface area contributed by atoms with E-state index in [0.29, 0.717) is 5.75 Å². The molecule has 3 heteroatoms. The highest BCUT2D eigenvalue weighted by Crippen LogP contribution is 2.21. The number of hydrogen-bond acceptors (Lipinski definition) is 3. The van der Waals surface area contributed by atoms with E-state index in [2.05, 4.69) is 46.2 Å². The van der Waals surface area contributed by atoms with Crippen LogP contribution in [0.2, 0.25) is 0 Å². The molecule has 0 radical (unpaired) electrons. The molecule has 22 heavy (non-hydrogen) atoms. The Labute approximate surface area is 133 Å². The van der Waals surface area contributed by atoms with Gasteiger partial charge in [-0.3, -0.25) is 4.90 Å². The second-order valence-corrected chi connectivity index (χ2v) is 5.27. The number of hydrogen-bond donors (Lipinski definition) is 1. The molecule has 0 saturated carbocycles. The van der Waals surface area contributed by atoms with Crippen LogP contribution in [0, 0.1) is 0 Å². The number of phenolic OH excluding ortho intramolecular Hbond substituents is 1. The van der Waals surface area contributed by atoms with Crippen molar-refractivity contribution in [2.45, 2.75) is 20.4 Å². The topological polar surface area (TPSA) is 26.7 Å². The number of rotatable bonds is 3. The first-order chi connectivity index (χ1) is 10.8. The summed E-state index contributed by atoms with van der Waals surface area (Å²) < 4.78 is 0. The SMILES string of the molecule is CC.Oc1cccc(N2CCN(Cc3ccccc3)CC2)c1. The quantitative estimate of drug-likeness (QED) is 0.935. The fourth-order valence-corrected chi connectivity index (χ4v) is 2.70. The van der Waals surface area contributed by atoms with Crippen LogP contribution in [0.1, 0.15) is 19.4 Å². The van der Waals surface area contributed by atoms with E-state index in [0.717, 1.165) is 38.4 Å². The average Bonchev–Trinajstić information content (AvgIpc) is 2.58. The van der Waals surface area contributed by atoms with Gasteiger partial charge >= 0.3 is 0 Å². The van der Waals surface area contributed by atoms with Crippen LogP contribution < -0.4 is 4.90 Å². The van der Waals surface area contributed by atoms with Gasteiger partial charge in [0.15, 0.2) is 0 Å². The highest BCUT2D eigenvalue weighted by molar-refractivity contribution is 5.50. The molecule has 2 aromatic rings. The molecule has 0 amide bonds. The molecule has 0 unspecified atom stereocenters. The first kappa shape index (κ1) is 16.4. The number of phenols is 1. The zero-order valence-corrected chi connectivity index (χ0v) is 13.6. The molecule has 118 valence electrons. The summed E-state index contributed by atoms with van der Waals surface area (Å²) in [5.41, 5.74) is 2.49. The zero-order chi connectivity index (χ0) is 15.8. The standard InChI is InChI=1S/C17H20N2O.C2H6/c20-17-8-4-7-16(13-17)19-11-9-18(10-12-19)14-15-5-2-1-3-6-15;1-2/h1-8,13,20H,9-12,14H2;1-2H3. The Morgan fingerprint density at radius 1 is 0.864 bits per heavy atom. The van der Waals surface area contributed by atoms with Gasteiger partial charge in [0.25, 0.3) is 0 Å². The molecular formula is C19H26N2O. The molecule has 0 bridgehead atoms. The molecular weight excluding hydrogens is 272 g/mol. The van der Waals surface area contributed by atoms with E-state index in [-0.39, 0.29) is 0 Å². The highest BCUT2D eigenvalue weighted by atomic mass is 16.3. The van der Waals surface area contributed by atoms with Crippen LogP contribution in [0.4, 0.5) is 5.69 Å². The van der Waals surface area contributed by atoms with Crippen molar-refractivity contribution in [3.63, 3.8) is 0 Å². The Hall–Kier alpha value is -2.00. The maximum Gasteiger partial charge on any atom is 0.117 e. The Morgan fingerprint density at radius 2 is 1.55 bits per heavy atom. The van der Waals surface area contributed by atoms with Crippen molar-refractivity contribution < 1.29 is 5.11 Å². The summed E-state index contributed by atoms with van der Waals surface area (Å²) in [5, 5.41) is 9.55. The summed E-state index contributed by atoms with van der Waals surface area (Å²) in [4.78, 5) is 4.82. The summed E-state index contributed by atoms with van der Waals surface area (Å²) in [6.07, 6.45) is 0. The predicted octanol–water partition coefficient (Wildman–Crippen LogP) is 3.74. The van der Waals surface area contributed by atoms with Crippen LogP contribution >= 0.6 is 0 Å². The van der Waals surface area contributed by atoms with Gasteiger partial charge in [0.1, 0.15) is 5.75 Å². The fourth-order valence-electron chi connectivity index (χ4n) is 2.70. The lowest BCUT2D eigenvalue weighted by Gasteiger charge is -2.36. The summed E-state index contributed by atoms with van der Waals surface area (Å²) in [7, 11) is 0. The second kappa shape index (κ2) is 8.44. The second-order valence-electron chi connectivity index (χ2n) is 5.27. The Kier molecular flexibility index (Phi) is 6.28. The molecule has 0 atom stereocenters. The van der Waals surface area contributed by atoms with Gasteiger partial charge in [-0.2, -0.15) is 0 Å². The van der Waals surface area contributed by atoms with Gasteiger partial charge in [0.05, 0.1) is 0 Å². The number of benzene rings is 2. The molecule has 2 aromatic carbocycles. The van der Waals surface area contributed by atoms with Gasteiger partial charge in [-0.15, -0.1) is 0 Å². The van der Waals surface area contributed by atoms with Crippen LogP contribution in [0.3, 0.4) is 0 Å². The molecule has 0 spiro atoms. The zero-order valence-electron chi connectivity index (χ0n) is 13.6. The third kappa shape index (κ3) is 4.50. The largest absolute Gasteiger partial charge is 0.508 e. The number of anilines is 1. The Balaban J connectivity index is 0.000000847.